The van der Waals surface area contributed by atoms with E-state index >= 15 is 0 Å². The van der Waals surface area contributed by atoms with Crippen LogP contribution in [0.15, 0.2) is 29.4 Å². The van der Waals surface area contributed by atoms with Crippen molar-refractivity contribution in [3.63, 3.8) is 0 Å². The number of aromatic amines is 1. The molecule has 2 heterocycles. The third-order valence-corrected chi connectivity index (χ3v) is 4.74. The van der Waals surface area contributed by atoms with Crippen LogP contribution in [-0.2, 0) is 0 Å². The van der Waals surface area contributed by atoms with E-state index in [0.717, 1.165) is 33.6 Å². The molecular weight excluding hydrogens is 274 g/mol. The quantitative estimate of drug-likeness (QED) is 0.639. The highest BCUT2D eigenvalue weighted by atomic mass is 32.2. The normalized spacial score (nSPS) is 16.5. The van der Waals surface area contributed by atoms with Crippen molar-refractivity contribution in [2.75, 3.05) is 13.1 Å². The highest BCUT2D eigenvalue weighted by Crippen LogP contribution is 2.23. The van der Waals surface area contributed by atoms with Gasteiger partial charge in [0.05, 0.1) is 11.0 Å². The summed E-state index contributed by atoms with van der Waals surface area (Å²) in [5.74, 6) is 0. The number of rotatable bonds is 1. The maximum absolute atomic E-state index is 5.55. The standard InChI is InChI=1S/C14H17N3S2/c18-14(17-9-5-1-2-6-10-17)19-13-15-11-7-3-4-8-12(11)16-13/h3-4,7-8H,1-2,5-6,9-10H2,(H,15,16). The molecule has 100 valence electrons. The van der Waals surface area contributed by atoms with Gasteiger partial charge in [-0.05, 0) is 36.7 Å². The van der Waals surface area contributed by atoms with Gasteiger partial charge in [-0.1, -0.05) is 37.2 Å². The van der Waals surface area contributed by atoms with E-state index in [1.807, 2.05) is 24.3 Å². The summed E-state index contributed by atoms with van der Waals surface area (Å²) in [4.78, 5) is 10.2. The van der Waals surface area contributed by atoms with Gasteiger partial charge in [0.25, 0.3) is 0 Å². The van der Waals surface area contributed by atoms with Crippen LogP contribution < -0.4 is 0 Å². The van der Waals surface area contributed by atoms with Crippen molar-refractivity contribution >= 4 is 39.3 Å². The number of aromatic nitrogens is 2. The maximum atomic E-state index is 5.55. The third-order valence-electron chi connectivity index (χ3n) is 3.42. The van der Waals surface area contributed by atoms with Crippen molar-refractivity contribution in [1.82, 2.24) is 14.9 Å². The Morgan fingerprint density at radius 1 is 1.16 bits per heavy atom. The summed E-state index contributed by atoms with van der Waals surface area (Å²) in [6.07, 6.45) is 5.16. The van der Waals surface area contributed by atoms with Crippen LogP contribution in [0.5, 0.6) is 0 Å². The number of likely N-dealkylation sites (tertiary alicyclic amines) is 1. The number of nitrogens with zero attached hydrogens (tertiary/aromatic N) is 2. The summed E-state index contributed by atoms with van der Waals surface area (Å²) in [5, 5.41) is 0.899. The van der Waals surface area contributed by atoms with Gasteiger partial charge in [-0.3, -0.25) is 0 Å². The summed E-state index contributed by atoms with van der Waals surface area (Å²) < 4.78 is 0.945. The fraction of sp³-hybridized carbons (Fsp3) is 0.429. The molecule has 3 rings (SSSR count). The molecule has 0 bridgehead atoms. The van der Waals surface area contributed by atoms with Crippen LogP contribution >= 0.6 is 24.0 Å². The van der Waals surface area contributed by atoms with Crippen LogP contribution in [0, 0.1) is 0 Å². The lowest BCUT2D eigenvalue weighted by Crippen LogP contribution is -2.28. The van der Waals surface area contributed by atoms with Gasteiger partial charge in [0.15, 0.2) is 5.16 Å². The number of thiocarbonyl (C=S) groups is 1. The average molecular weight is 291 g/mol. The van der Waals surface area contributed by atoms with Crippen molar-refractivity contribution < 1.29 is 0 Å². The number of nitrogens with one attached hydrogen (secondary N) is 1. The smallest absolute Gasteiger partial charge is 0.173 e. The molecule has 5 heteroatoms. The van der Waals surface area contributed by atoms with Gasteiger partial charge in [-0.15, -0.1) is 0 Å². The Balaban J connectivity index is 1.71. The zero-order valence-electron chi connectivity index (χ0n) is 10.8. The molecule has 1 N–H and O–H groups in total. The lowest BCUT2D eigenvalue weighted by Gasteiger charge is -2.21. The minimum Gasteiger partial charge on any atom is -0.357 e. The molecule has 1 aromatic carbocycles. The van der Waals surface area contributed by atoms with Crippen LogP contribution in [0.1, 0.15) is 25.7 Å². The molecule has 1 aliphatic rings. The Hall–Kier alpha value is -1.07. The van der Waals surface area contributed by atoms with E-state index in [4.69, 9.17) is 12.2 Å². The third kappa shape index (κ3) is 3.09. The SMILES string of the molecule is S=C(Sc1nc2ccccc2[nH]1)N1CCCCCC1. The van der Waals surface area contributed by atoms with E-state index in [9.17, 15) is 0 Å². The van der Waals surface area contributed by atoms with Gasteiger partial charge in [0.1, 0.15) is 4.32 Å². The summed E-state index contributed by atoms with van der Waals surface area (Å²) in [7, 11) is 0. The van der Waals surface area contributed by atoms with Crippen LogP contribution in [0.3, 0.4) is 0 Å². The van der Waals surface area contributed by atoms with E-state index in [2.05, 4.69) is 14.9 Å². The van der Waals surface area contributed by atoms with Crippen LogP contribution in [0.4, 0.5) is 0 Å². The summed E-state index contributed by atoms with van der Waals surface area (Å²) in [5.41, 5.74) is 2.08. The Morgan fingerprint density at radius 2 is 1.89 bits per heavy atom. The van der Waals surface area contributed by atoms with E-state index in [1.54, 1.807) is 11.8 Å². The average Bonchev–Trinajstić information content (AvgIpc) is 2.63. The number of thioether (sulfide) groups is 1. The molecule has 19 heavy (non-hydrogen) atoms. The molecule has 1 saturated heterocycles. The Bertz CT molecular complexity index is 538. The number of imidazole rings is 1. The molecule has 0 amide bonds. The molecule has 1 fully saturated rings. The van der Waals surface area contributed by atoms with Crippen molar-refractivity contribution in [3.8, 4) is 0 Å². The minimum atomic E-state index is 0.899. The molecule has 0 spiro atoms. The Kier molecular flexibility index (Phi) is 4.03. The van der Waals surface area contributed by atoms with Gasteiger partial charge in [-0.2, -0.15) is 0 Å². The van der Waals surface area contributed by atoms with Crippen LogP contribution in [-0.4, -0.2) is 32.3 Å². The van der Waals surface area contributed by atoms with E-state index < -0.39 is 0 Å². The molecule has 1 aromatic heterocycles. The Morgan fingerprint density at radius 3 is 2.63 bits per heavy atom. The number of hydrogen-bond acceptors (Lipinski definition) is 3. The molecule has 2 aromatic rings. The van der Waals surface area contributed by atoms with E-state index in [-0.39, 0.29) is 0 Å². The second-order valence-corrected chi connectivity index (χ2v) is 6.45. The van der Waals surface area contributed by atoms with Crippen molar-refractivity contribution in [2.24, 2.45) is 0 Å². The van der Waals surface area contributed by atoms with E-state index in [0.29, 0.717) is 0 Å². The monoisotopic (exact) mass is 291 g/mol. The second-order valence-electron chi connectivity index (χ2n) is 4.83. The number of hydrogen-bond donors (Lipinski definition) is 1. The molecule has 1 aliphatic heterocycles. The lowest BCUT2D eigenvalue weighted by molar-refractivity contribution is 0.450. The first-order valence-electron chi connectivity index (χ1n) is 6.74. The minimum absolute atomic E-state index is 0.899. The highest BCUT2D eigenvalue weighted by molar-refractivity contribution is 8.22. The fourth-order valence-corrected chi connectivity index (χ4v) is 3.58. The zero-order chi connectivity index (χ0) is 13.1. The molecule has 0 aliphatic carbocycles. The summed E-state index contributed by atoms with van der Waals surface area (Å²) in [6.45, 7) is 2.18. The lowest BCUT2D eigenvalue weighted by atomic mass is 10.2. The molecule has 3 nitrogen and oxygen atoms in total. The van der Waals surface area contributed by atoms with Crippen molar-refractivity contribution in [2.45, 2.75) is 30.8 Å². The first kappa shape index (κ1) is 12.9. The van der Waals surface area contributed by atoms with Crippen LogP contribution in [0.2, 0.25) is 0 Å². The molecule has 0 unspecified atom stereocenters. The second kappa shape index (κ2) is 5.92. The summed E-state index contributed by atoms with van der Waals surface area (Å²) in [6, 6.07) is 8.08. The van der Waals surface area contributed by atoms with Crippen LogP contribution in [0.25, 0.3) is 11.0 Å². The van der Waals surface area contributed by atoms with Gasteiger partial charge >= 0.3 is 0 Å². The molecule has 0 saturated carbocycles. The Labute approximate surface area is 122 Å². The van der Waals surface area contributed by atoms with Gasteiger partial charge in [0, 0.05) is 13.1 Å². The van der Waals surface area contributed by atoms with Gasteiger partial charge in [-0.25, -0.2) is 4.98 Å². The number of benzene rings is 1. The number of H-pyrrole nitrogens is 1. The maximum Gasteiger partial charge on any atom is 0.173 e. The topological polar surface area (TPSA) is 31.9 Å². The van der Waals surface area contributed by atoms with Gasteiger partial charge in [0.2, 0.25) is 0 Å². The van der Waals surface area contributed by atoms with Crippen molar-refractivity contribution in [1.29, 1.82) is 0 Å². The number of fused-ring (bicyclic) bond motifs is 1. The number of para-hydroxylation sites is 2. The largest absolute Gasteiger partial charge is 0.357 e. The zero-order valence-corrected chi connectivity index (χ0v) is 12.4. The molecule has 0 atom stereocenters. The first-order valence-corrected chi connectivity index (χ1v) is 7.97. The fourth-order valence-electron chi connectivity index (χ4n) is 2.38. The molecule has 0 radical (unpaired) electrons. The predicted molar refractivity (Wildman–Crippen MR) is 84.6 cm³/mol. The predicted octanol–water partition coefficient (Wildman–Crippen LogP) is 3.82. The van der Waals surface area contributed by atoms with Crippen molar-refractivity contribution in [3.05, 3.63) is 24.3 Å². The van der Waals surface area contributed by atoms with E-state index in [1.165, 1.54) is 25.7 Å². The highest BCUT2D eigenvalue weighted by Gasteiger charge is 2.15. The first-order chi connectivity index (χ1) is 9.33. The summed E-state index contributed by atoms with van der Waals surface area (Å²) >= 11 is 7.13. The van der Waals surface area contributed by atoms with Gasteiger partial charge < -0.3 is 9.88 Å². The molecular formula is C14H17N3S2.